The summed E-state index contributed by atoms with van der Waals surface area (Å²) in [6.07, 6.45) is 2.58. The molecule has 1 N–H and O–H groups in total. The summed E-state index contributed by atoms with van der Waals surface area (Å²) < 4.78 is 24.6. The zero-order valence-corrected chi connectivity index (χ0v) is 16.6. The van der Waals surface area contributed by atoms with Crippen molar-refractivity contribution in [3.05, 3.63) is 22.0 Å². The van der Waals surface area contributed by atoms with Crippen LogP contribution in [0.4, 0.5) is 5.69 Å². The third-order valence-corrected chi connectivity index (χ3v) is 3.97. The van der Waals surface area contributed by atoms with Crippen molar-refractivity contribution in [2.45, 2.75) is 46.7 Å². The molecule has 0 unspecified atom stereocenters. The largest absolute Gasteiger partial charge is 0.299 e. The number of hydrogen-bond acceptors (Lipinski definition) is 4. The molecule has 1 rings (SSSR count). The van der Waals surface area contributed by atoms with Gasteiger partial charge >= 0.3 is 0 Å². The lowest BCUT2D eigenvalue weighted by molar-refractivity contribution is 0.185. The molecular formula is C14H26IN3O2S. The molecule has 21 heavy (non-hydrogen) atoms. The van der Waals surface area contributed by atoms with E-state index < -0.39 is 10.0 Å². The summed E-state index contributed by atoms with van der Waals surface area (Å²) in [5, 5.41) is 0. The minimum Gasteiger partial charge on any atom is -0.299 e. The second kappa shape index (κ2) is 9.58. The molecule has 7 heteroatoms. The van der Waals surface area contributed by atoms with Crippen molar-refractivity contribution < 1.29 is 8.42 Å². The Morgan fingerprint density at radius 1 is 1.24 bits per heavy atom. The van der Waals surface area contributed by atoms with Gasteiger partial charge in [0.1, 0.15) is 3.70 Å². The van der Waals surface area contributed by atoms with Crippen LogP contribution in [0.5, 0.6) is 0 Å². The zero-order chi connectivity index (χ0) is 16.6. The third-order valence-electron chi connectivity index (χ3n) is 2.72. The Bertz CT molecular complexity index is 493. The van der Waals surface area contributed by atoms with Gasteiger partial charge in [0.2, 0.25) is 10.0 Å². The third kappa shape index (κ3) is 10.0. The van der Waals surface area contributed by atoms with Crippen LogP contribution >= 0.6 is 22.6 Å². The van der Waals surface area contributed by atoms with Gasteiger partial charge in [0, 0.05) is 12.1 Å². The predicted octanol–water partition coefficient (Wildman–Crippen LogP) is 3.18. The summed E-state index contributed by atoms with van der Waals surface area (Å²) in [5.74, 6) is 0. The van der Waals surface area contributed by atoms with E-state index in [1.165, 1.54) is 6.20 Å². The van der Waals surface area contributed by atoms with E-state index in [9.17, 15) is 8.42 Å². The van der Waals surface area contributed by atoms with Crippen LogP contribution in [-0.2, 0) is 10.0 Å². The number of nitrogens with one attached hydrogen (secondary N) is 1. The topological polar surface area (TPSA) is 62.3 Å². The zero-order valence-electron chi connectivity index (χ0n) is 13.6. The monoisotopic (exact) mass is 427 g/mol. The first-order valence-corrected chi connectivity index (χ1v) is 9.89. The van der Waals surface area contributed by atoms with Crippen LogP contribution in [0.15, 0.2) is 18.3 Å². The quantitative estimate of drug-likeness (QED) is 0.579. The van der Waals surface area contributed by atoms with E-state index in [0.29, 0.717) is 17.8 Å². The normalized spacial score (nSPS) is 11.5. The molecule has 0 bridgehead atoms. The fourth-order valence-corrected chi connectivity index (χ4v) is 2.84. The molecular weight excluding hydrogens is 401 g/mol. The Labute approximate surface area is 142 Å². The average molecular weight is 427 g/mol. The molecule has 1 aromatic heterocycles. The standard InChI is InChI=1S/C8H19N.C6H7IN2O2S/c1-6-9(7(2)3)8(4)5;1-12(10,11)9-5-2-3-6(7)8-4-5/h7-8H,6H2,1-5H3;2-4,9H,1H3. The number of halogens is 1. The fourth-order valence-electron chi connectivity index (χ4n) is 1.98. The van der Waals surface area contributed by atoms with Gasteiger partial charge in [-0.25, -0.2) is 13.4 Å². The Hall–Kier alpha value is -0.410. The summed E-state index contributed by atoms with van der Waals surface area (Å²) >= 11 is 2.05. The number of pyridine rings is 1. The van der Waals surface area contributed by atoms with Crippen LogP contribution in [0.2, 0.25) is 0 Å². The first kappa shape index (κ1) is 20.6. The first-order valence-electron chi connectivity index (χ1n) is 6.91. The molecule has 0 radical (unpaired) electrons. The number of sulfonamides is 1. The molecule has 0 amide bonds. The number of aromatic nitrogens is 1. The average Bonchev–Trinajstić information content (AvgIpc) is 2.31. The predicted molar refractivity (Wildman–Crippen MR) is 98.1 cm³/mol. The highest BCUT2D eigenvalue weighted by Crippen LogP contribution is 2.08. The maximum absolute atomic E-state index is 10.7. The summed E-state index contributed by atoms with van der Waals surface area (Å²) in [5.41, 5.74) is 0.484. The molecule has 0 aromatic carbocycles. The summed E-state index contributed by atoms with van der Waals surface area (Å²) in [6, 6.07) is 4.77. The molecule has 1 aromatic rings. The summed E-state index contributed by atoms with van der Waals surface area (Å²) in [7, 11) is -3.18. The molecule has 0 aliphatic rings. The second-order valence-corrected chi connectivity index (χ2v) is 8.12. The molecule has 1 heterocycles. The second-order valence-electron chi connectivity index (χ2n) is 5.26. The fraction of sp³-hybridized carbons (Fsp3) is 0.643. The highest BCUT2D eigenvalue weighted by molar-refractivity contribution is 14.1. The number of rotatable bonds is 5. The van der Waals surface area contributed by atoms with Gasteiger partial charge < -0.3 is 0 Å². The SMILES string of the molecule is CCN(C(C)C)C(C)C.CS(=O)(=O)Nc1ccc(I)nc1. The van der Waals surface area contributed by atoms with Gasteiger partial charge in [-0.1, -0.05) is 6.92 Å². The van der Waals surface area contributed by atoms with Crippen molar-refractivity contribution in [2.75, 3.05) is 17.5 Å². The van der Waals surface area contributed by atoms with Crippen molar-refractivity contribution in [3.8, 4) is 0 Å². The number of anilines is 1. The van der Waals surface area contributed by atoms with Crippen LogP contribution < -0.4 is 4.72 Å². The Morgan fingerprint density at radius 2 is 1.76 bits per heavy atom. The van der Waals surface area contributed by atoms with Crippen LogP contribution in [0.3, 0.4) is 0 Å². The van der Waals surface area contributed by atoms with E-state index in [1.807, 2.05) is 22.6 Å². The van der Waals surface area contributed by atoms with Crippen molar-refractivity contribution >= 4 is 38.3 Å². The molecule has 0 aliphatic carbocycles. The minimum atomic E-state index is -3.18. The van der Waals surface area contributed by atoms with Crippen LogP contribution in [0, 0.1) is 3.70 Å². The van der Waals surface area contributed by atoms with Crippen molar-refractivity contribution in [2.24, 2.45) is 0 Å². The van der Waals surface area contributed by atoms with E-state index in [4.69, 9.17) is 0 Å². The Morgan fingerprint density at radius 3 is 2.00 bits per heavy atom. The van der Waals surface area contributed by atoms with Crippen LogP contribution in [-0.4, -0.2) is 43.2 Å². The van der Waals surface area contributed by atoms with E-state index >= 15 is 0 Å². The van der Waals surface area contributed by atoms with Crippen molar-refractivity contribution in [1.29, 1.82) is 0 Å². The number of nitrogens with zero attached hydrogens (tertiary/aromatic N) is 2. The summed E-state index contributed by atoms with van der Waals surface area (Å²) in [6.45, 7) is 12.3. The molecule has 0 saturated heterocycles. The van der Waals surface area contributed by atoms with E-state index in [0.717, 1.165) is 16.5 Å². The van der Waals surface area contributed by atoms with Gasteiger partial charge in [-0.3, -0.25) is 9.62 Å². The van der Waals surface area contributed by atoms with Gasteiger partial charge in [0.05, 0.1) is 18.1 Å². The molecule has 0 saturated carbocycles. The van der Waals surface area contributed by atoms with Crippen molar-refractivity contribution in [3.63, 3.8) is 0 Å². The smallest absolute Gasteiger partial charge is 0.229 e. The first-order chi connectivity index (χ1) is 9.56. The molecule has 0 fully saturated rings. The van der Waals surface area contributed by atoms with Gasteiger partial charge in [0.25, 0.3) is 0 Å². The lowest BCUT2D eigenvalue weighted by Crippen LogP contribution is -2.36. The molecule has 0 aliphatic heterocycles. The lowest BCUT2D eigenvalue weighted by Gasteiger charge is -2.28. The molecule has 0 spiro atoms. The summed E-state index contributed by atoms with van der Waals surface area (Å²) in [4.78, 5) is 6.38. The van der Waals surface area contributed by atoms with E-state index in [1.54, 1.807) is 12.1 Å². The highest BCUT2D eigenvalue weighted by atomic mass is 127. The maximum Gasteiger partial charge on any atom is 0.229 e. The Kier molecular flexibility index (Phi) is 9.39. The van der Waals surface area contributed by atoms with E-state index in [2.05, 4.69) is 49.2 Å². The maximum atomic E-state index is 10.7. The highest BCUT2D eigenvalue weighted by Gasteiger charge is 2.09. The minimum absolute atomic E-state index is 0.484. The van der Waals surface area contributed by atoms with Gasteiger partial charge in [-0.05, 0) is 69.0 Å². The van der Waals surface area contributed by atoms with Crippen LogP contribution in [0.25, 0.3) is 0 Å². The number of hydrogen-bond donors (Lipinski definition) is 1. The Balaban J connectivity index is 0.000000400. The van der Waals surface area contributed by atoms with Crippen molar-refractivity contribution in [1.82, 2.24) is 9.88 Å². The lowest BCUT2D eigenvalue weighted by atomic mass is 10.2. The van der Waals surface area contributed by atoms with Crippen LogP contribution in [0.1, 0.15) is 34.6 Å². The van der Waals surface area contributed by atoms with E-state index in [-0.39, 0.29) is 0 Å². The molecule has 0 atom stereocenters. The van der Waals surface area contributed by atoms with Gasteiger partial charge in [0.15, 0.2) is 0 Å². The van der Waals surface area contributed by atoms with Gasteiger partial charge in [-0.15, -0.1) is 0 Å². The van der Waals surface area contributed by atoms with Gasteiger partial charge in [-0.2, -0.15) is 0 Å². The molecule has 5 nitrogen and oxygen atoms in total. The molecule has 122 valence electrons.